The van der Waals surface area contributed by atoms with Gasteiger partial charge >= 0.3 is 18.1 Å². The van der Waals surface area contributed by atoms with Gasteiger partial charge < -0.3 is 102 Å². The Balaban J connectivity index is 0.000000191. The Hall–Kier alpha value is -11.7. The lowest BCUT2D eigenvalue weighted by atomic mass is 9.91. The predicted octanol–water partition coefficient (Wildman–Crippen LogP) is 5.99. The number of amides is 9. The van der Waals surface area contributed by atoms with E-state index in [0.717, 1.165) is 34.4 Å². The maximum absolute atomic E-state index is 13.3. The molecule has 6 fully saturated rings. The fourth-order valence-corrected chi connectivity index (χ4v) is 16.4. The van der Waals surface area contributed by atoms with Crippen molar-refractivity contribution < 1.29 is 49.2 Å². The monoisotopic (exact) mass is 1550 g/mol. The molecule has 12 atom stereocenters. The first-order valence-electron chi connectivity index (χ1n) is 39.6. The Bertz CT molecular complexity index is 4740. The van der Waals surface area contributed by atoms with Gasteiger partial charge in [0.2, 0.25) is 29.6 Å². The molecule has 32 heteroatoms. The van der Waals surface area contributed by atoms with E-state index in [1.807, 2.05) is 114 Å². The highest BCUT2D eigenvalue weighted by molar-refractivity contribution is 5.90. The van der Waals surface area contributed by atoms with E-state index < -0.39 is 48.6 Å². The topological polar surface area (TPSA) is 404 Å². The van der Waals surface area contributed by atoms with Gasteiger partial charge in [0, 0.05) is 140 Å². The number of likely N-dealkylation sites (tertiary alicyclic amines) is 2. The van der Waals surface area contributed by atoms with E-state index >= 15 is 0 Å². The number of hydrogen-bond acceptors (Lipinski definition) is 21. The largest absolute Gasteiger partial charge is 0.388 e. The van der Waals surface area contributed by atoms with Crippen LogP contribution in [-0.2, 0) is 14.4 Å². The maximum Gasteiger partial charge on any atom is 0.321 e. The summed E-state index contributed by atoms with van der Waals surface area (Å²) in [5.41, 5.74) is 8.12. The van der Waals surface area contributed by atoms with Gasteiger partial charge in [0.1, 0.15) is 24.4 Å². The van der Waals surface area contributed by atoms with Crippen LogP contribution in [0, 0.1) is 0 Å². The molecular formula is C82H102N22O10. The van der Waals surface area contributed by atoms with E-state index in [0.29, 0.717) is 143 Å². The molecule has 4 aliphatic heterocycles. The van der Waals surface area contributed by atoms with E-state index in [2.05, 4.69) is 102 Å². The van der Waals surface area contributed by atoms with Crippen LogP contribution in [0.2, 0.25) is 0 Å². The summed E-state index contributed by atoms with van der Waals surface area (Å²) < 4.78 is 3.54. The standard InChI is InChI=1S/C44H54N12O5.C38H48N10O5/c1-3-36(57)51-34-22-35(39(59)38(34)58)56-26-47-37-40(46-23-33(27-11-6-4-7-12-27)28-13-8-5-9-14-28)52-42(53-41(37)56)54-19-17-31(24-54)48-43(60)49-32-18-20-55(25-32)44(61)50-30-16-10-15-29(21-30)45-2;1-3-31(50)43-29-18-30(34(52)33(29)51)48-22-40-32-35(39-19-28(24-10-6-4-7-11-24)25-12-8-5-9-13-25)44-37(45-36(32)48)47-17-15-27(21-47)42-38(53)41-26-14-16-46(20-26)23(2)49/h4-16,21,26,31-35,38-39,45,58-59H,3,17-20,22-25H2,1-2H3,(H,50,61)(H,51,57)(H,46,52,53)(H2,48,49,60);4-13,22,26-30,33-34,51-52H,3,14-21H2,1-2H3,(H,43,50)(H,39,44,45)(H2,41,42,53)/t31-,32-,34+,35-,38-,39+;26-,27-,29+,30-,33-,34+/m11/s1. The van der Waals surface area contributed by atoms with Gasteiger partial charge in [-0.25, -0.2) is 24.4 Å². The first-order valence-corrected chi connectivity index (χ1v) is 39.6. The number of fused-ring (bicyclic) bond motifs is 2. The van der Waals surface area contributed by atoms with Crippen LogP contribution in [0.1, 0.15) is 118 Å². The number of benzene rings is 5. The number of aromatic nitrogens is 8. The SMILES string of the molecule is CCC(=O)N[C@H]1C[C@@H](n2cnc3c(NCC(c4ccccc4)c4ccccc4)nc(N4CC[C@@H](NC(=O)N[C@@H]5CCN(C(=O)Nc6cccc(NC)c6)C5)C4)nc32)[C@H](O)[C@@H]1O.CCC(=O)N[C@H]1C[C@@H](n2cnc3c(NCC(c4ccccc4)c4ccccc4)nc(N4CC[C@@H](NC(=O)N[C@@H]5CCN(C(C)=O)C5)C4)nc32)[C@H](O)[C@@H]1O. The number of carbonyl (C=O) groups is 6. The minimum atomic E-state index is -1.18. The molecule has 2 aliphatic carbocycles. The van der Waals surface area contributed by atoms with Crippen molar-refractivity contribution in [2.24, 2.45) is 0 Å². The van der Waals surface area contributed by atoms with E-state index in [4.69, 9.17) is 29.9 Å². The maximum atomic E-state index is 13.3. The summed E-state index contributed by atoms with van der Waals surface area (Å²) in [6, 6.07) is 44.6. The highest BCUT2D eigenvalue weighted by Crippen LogP contribution is 2.39. The summed E-state index contributed by atoms with van der Waals surface area (Å²) in [7, 11) is 1.82. The molecule has 114 heavy (non-hydrogen) atoms. The lowest BCUT2D eigenvalue weighted by molar-refractivity contribution is -0.128. The van der Waals surface area contributed by atoms with Crippen molar-refractivity contribution in [2.45, 2.75) is 157 Å². The van der Waals surface area contributed by atoms with Crippen molar-refractivity contribution in [3.8, 4) is 0 Å². The molecule has 600 valence electrons. The van der Waals surface area contributed by atoms with Crippen LogP contribution in [0.4, 0.5) is 49.3 Å². The van der Waals surface area contributed by atoms with Gasteiger partial charge in [-0.05, 0) is 79.0 Å². The van der Waals surface area contributed by atoms with Crippen molar-refractivity contribution in [3.05, 3.63) is 181 Å². The molecule has 0 spiro atoms. The highest BCUT2D eigenvalue weighted by atomic mass is 16.3. The van der Waals surface area contributed by atoms with Crippen LogP contribution < -0.4 is 63.0 Å². The quantitative estimate of drug-likeness (QED) is 0.0330. The molecule has 4 saturated heterocycles. The highest BCUT2D eigenvalue weighted by Gasteiger charge is 2.46. The number of hydrogen-bond donors (Lipinski definition) is 14. The van der Waals surface area contributed by atoms with Crippen LogP contribution in [0.3, 0.4) is 0 Å². The van der Waals surface area contributed by atoms with Crippen LogP contribution in [0.5, 0.6) is 0 Å². The third kappa shape index (κ3) is 18.3. The number of carbonyl (C=O) groups excluding carboxylic acids is 6. The second-order valence-electron chi connectivity index (χ2n) is 30.3. The molecule has 5 aromatic carbocycles. The molecule has 9 aromatic rings. The number of aliphatic hydroxyl groups excluding tert-OH is 4. The van der Waals surface area contributed by atoms with Crippen LogP contribution >= 0.6 is 0 Å². The predicted molar refractivity (Wildman–Crippen MR) is 433 cm³/mol. The number of imidazole rings is 2. The summed E-state index contributed by atoms with van der Waals surface area (Å²) in [6.45, 7) is 10.2. The number of aliphatic hydroxyl groups is 4. The van der Waals surface area contributed by atoms with Gasteiger partial charge in [-0.15, -0.1) is 0 Å². The van der Waals surface area contributed by atoms with E-state index in [9.17, 15) is 49.2 Å². The van der Waals surface area contributed by atoms with Gasteiger partial charge in [0.25, 0.3) is 0 Å². The Morgan fingerprint density at radius 3 is 1.24 bits per heavy atom. The van der Waals surface area contributed by atoms with Gasteiger partial charge in [-0.3, -0.25) is 14.4 Å². The first-order chi connectivity index (χ1) is 55.3. The number of nitrogens with zero attached hydrogens (tertiary/aromatic N) is 12. The average molecular weight is 1560 g/mol. The zero-order valence-corrected chi connectivity index (χ0v) is 64.4. The Kier molecular flexibility index (Phi) is 24.9. The summed E-state index contributed by atoms with van der Waals surface area (Å²) in [6.07, 6.45) is 2.34. The summed E-state index contributed by atoms with van der Waals surface area (Å²) in [4.78, 5) is 112. The van der Waals surface area contributed by atoms with Crippen molar-refractivity contribution in [3.63, 3.8) is 0 Å². The van der Waals surface area contributed by atoms with Crippen molar-refractivity contribution in [1.29, 1.82) is 0 Å². The minimum absolute atomic E-state index is 0.00367. The molecule has 8 heterocycles. The van der Waals surface area contributed by atoms with Gasteiger partial charge in [0.05, 0.1) is 36.8 Å². The molecule has 4 aromatic heterocycles. The third-order valence-electron chi connectivity index (χ3n) is 22.7. The Labute approximate surface area is 660 Å². The van der Waals surface area contributed by atoms with Crippen molar-refractivity contribution in [2.75, 3.05) is 104 Å². The summed E-state index contributed by atoms with van der Waals surface area (Å²) in [5, 5.41) is 75.5. The molecule has 32 nitrogen and oxygen atoms in total. The van der Waals surface area contributed by atoms with E-state index in [1.165, 1.54) is 6.92 Å². The van der Waals surface area contributed by atoms with Crippen LogP contribution in [0.25, 0.3) is 22.3 Å². The van der Waals surface area contributed by atoms with Gasteiger partial charge in [-0.1, -0.05) is 141 Å². The first kappa shape index (κ1) is 78.9. The van der Waals surface area contributed by atoms with Crippen molar-refractivity contribution >= 4 is 93.0 Å². The second kappa shape index (κ2) is 36.0. The molecule has 0 bridgehead atoms. The zero-order valence-electron chi connectivity index (χ0n) is 64.4. The van der Waals surface area contributed by atoms with Gasteiger partial charge in [-0.2, -0.15) is 19.9 Å². The minimum Gasteiger partial charge on any atom is -0.388 e. The van der Waals surface area contributed by atoms with Crippen molar-refractivity contribution in [1.82, 2.24) is 80.7 Å². The molecule has 9 amide bonds. The smallest absolute Gasteiger partial charge is 0.321 e. The Morgan fingerprint density at radius 1 is 0.456 bits per heavy atom. The molecule has 14 N–H and O–H groups in total. The molecule has 0 unspecified atom stereocenters. The molecule has 0 radical (unpaired) electrons. The summed E-state index contributed by atoms with van der Waals surface area (Å²) in [5.74, 6) is 1.50. The fraction of sp³-hybridized carbons (Fsp3) is 0.439. The van der Waals surface area contributed by atoms with Gasteiger partial charge in [0.15, 0.2) is 34.0 Å². The van der Waals surface area contributed by atoms with E-state index in [1.54, 1.807) is 45.4 Å². The molecule has 2 saturated carbocycles. The van der Waals surface area contributed by atoms with Crippen LogP contribution in [0.15, 0.2) is 158 Å². The second-order valence-corrected chi connectivity index (χ2v) is 30.3. The summed E-state index contributed by atoms with van der Waals surface area (Å²) >= 11 is 0. The number of anilines is 6. The molecular weight excluding hydrogens is 1450 g/mol. The average Bonchev–Trinajstić information content (AvgIpc) is 1.61. The number of nitrogens with one attached hydrogen (secondary N) is 10. The zero-order chi connectivity index (χ0) is 79.5. The normalized spacial score (nSPS) is 23.2. The Morgan fingerprint density at radius 2 is 0.842 bits per heavy atom. The third-order valence-corrected chi connectivity index (χ3v) is 22.7. The molecule has 6 aliphatic rings. The van der Waals surface area contributed by atoms with E-state index in [-0.39, 0.29) is 91.1 Å². The number of urea groups is 3. The molecule has 15 rings (SSSR count). The fourth-order valence-electron chi connectivity index (χ4n) is 16.4. The van der Waals surface area contributed by atoms with Crippen LogP contribution in [-0.4, -0.2) is 238 Å². The number of rotatable bonds is 24. The lowest BCUT2D eigenvalue weighted by Gasteiger charge is -2.22. The lowest BCUT2D eigenvalue weighted by Crippen LogP contribution is -2.48.